The zero-order valence-corrected chi connectivity index (χ0v) is 22.0. The van der Waals surface area contributed by atoms with E-state index in [0.29, 0.717) is 31.8 Å². The third-order valence-electron chi connectivity index (χ3n) is 5.02. The predicted octanol–water partition coefficient (Wildman–Crippen LogP) is 2.99. The van der Waals surface area contributed by atoms with Gasteiger partial charge < -0.3 is 25.4 Å². The van der Waals surface area contributed by atoms with Gasteiger partial charge in [0.05, 0.1) is 24.0 Å². The number of carbonyl (C=O) groups excluding carboxylic acids is 3. The van der Waals surface area contributed by atoms with E-state index in [1.165, 1.54) is 0 Å². The van der Waals surface area contributed by atoms with E-state index in [1.54, 1.807) is 49.5 Å². The normalized spacial score (nSPS) is 13.9. The first-order chi connectivity index (χ1) is 15.9. The van der Waals surface area contributed by atoms with E-state index in [2.05, 4.69) is 38.0 Å². The van der Waals surface area contributed by atoms with E-state index in [1.807, 2.05) is 6.92 Å². The lowest BCUT2D eigenvalue weighted by Crippen LogP contribution is -2.52. The molecule has 184 valence electrons. The molecule has 1 aliphatic rings. The summed E-state index contributed by atoms with van der Waals surface area (Å²) in [6.45, 7) is 10.2. The van der Waals surface area contributed by atoms with Gasteiger partial charge in [0.2, 0.25) is 5.88 Å². The molecule has 3 amide bonds. The first-order valence-electron chi connectivity index (χ1n) is 10.9. The average molecular weight is 584 g/mol. The number of nitrogens with one attached hydrogen (secondary N) is 1. The molecule has 2 aromatic heterocycles. The molecule has 0 aliphatic carbocycles. The van der Waals surface area contributed by atoms with Crippen LogP contribution < -0.4 is 15.8 Å². The number of hydrogen-bond acceptors (Lipinski definition) is 7. The highest BCUT2D eigenvalue weighted by molar-refractivity contribution is 14.1. The number of primary amides is 1. The van der Waals surface area contributed by atoms with Gasteiger partial charge in [-0.1, -0.05) is 6.92 Å². The number of rotatable bonds is 7. The molecular weight excluding hydrogens is 555 g/mol. The predicted molar refractivity (Wildman–Crippen MR) is 133 cm³/mol. The Labute approximate surface area is 211 Å². The van der Waals surface area contributed by atoms with Crippen molar-refractivity contribution < 1.29 is 23.9 Å². The Hall–Kier alpha value is -2.90. The number of hydrogen-bond donors (Lipinski definition) is 2. The Balaban J connectivity index is 1.87. The second-order valence-electron chi connectivity index (χ2n) is 8.77. The number of anilines is 1. The van der Waals surface area contributed by atoms with Crippen molar-refractivity contribution in [3.63, 3.8) is 0 Å². The van der Waals surface area contributed by atoms with Crippen LogP contribution in [0.2, 0.25) is 0 Å². The van der Waals surface area contributed by atoms with Crippen LogP contribution in [0.5, 0.6) is 5.88 Å². The molecule has 1 aliphatic heterocycles. The zero-order valence-electron chi connectivity index (χ0n) is 19.8. The second kappa shape index (κ2) is 10.2. The van der Waals surface area contributed by atoms with Crippen molar-refractivity contribution in [2.24, 2.45) is 5.73 Å². The molecule has 0 bridgehead atoms. The fourth-order valence-electron chi connectivity index (χ4n) is 3.52. The summed E-state index contributed by atoms with van der Waals surface area (Å²) < 4.78 is 13.3. The number of amides is 3. The molecule has 1 saturated heterocycles. The minimum absolute atomic E-state index is 0.0440. The summed E-state index contributed by atoms with van der Waals surface area (Å²) in [5.41, 5.74) is 6.06. The van der Waals surface area contributed by atoms with E-state index >= 15 is 0 Å². The van der Waals surface area contributed by atoms with Crippen LogP contribution in [-0.4, -0.2) is 62.9 Å². The maximum atomic E-state index is 13.1. The molecule has 3 heterocycles. The third kappa shape index (κ3) is 5.59. The van der Waals surface area contributed by atoms with Gasteiger partial charge in [-0.15, -0.1) is 0 Å². The summed E-state index contributed by atoms with van der Waals surface area (Å²) in [7, 11) is 0. The van der Waals surface area contributed by atoms with Gasteiger partial charge in [0.15, 0.2) is 5.69 Å². The second-order valence-corrected chi connectivity index (χ2v) is 10.0. The summed E-state index contributed by atoms with van der Waals surface area (Å²) in [4.78, 5) is 43.4. The Kier molecular flexibility index (Phi) is 7.68. The van der Waals surface area contributed by atoms with Crippen LogP contribution in [0.4, 0.5) is 10.5 Å². The summed E-state index contributed by atoms with van der Waals surface area (Å²) in [6, 6.07) is 1.47. The first kappa shape index (κ1) is 25.7. The van der Waals surface area contributed by atoms with Crippen LogP contribution in [-0.2, 0) is 11.2 Å². The minimum atomic E-state index is -0.766. The van der Waals surface area contributed by atoms with Crippen LogP contribution in [0, 0.1) is 3.57 Å². The van der Waals surface area contributed by atoms with Crippen molar-refractivity contribution in [2.45, 2.75) is 52.7 Å². The van der Waals surface area contributed by atoms with E-state index in [-0.39, 0.29) is 28.9 Å². The van der Waals surface area contributed by atoms with Crippen molar-refractivity contribution >= 4 is 46.2 Å². The molecule has 3 N–H and O–H groups in total. The van der Waals surface area contributed by atoms with Crippen LogP contribution in [0.3, 0.4) is 0 Å². The van der Waals surface area contributed by atoms with E-state index in [0.717, 1.165) is 3.57 Å². The van der Waals surface area contributed by atoms with Gasteiger partial charge in [0.25, 0.3) is 11.8 Å². The third-order valence-corrected chi connectivity index (χ3v) is 5.61. The van der Waals surface area contributed by atoms with Crippen molar-refractivity contribution in [2.75, 3.05) is 25.0 Å². The number of carbonyl (C=O) groups is 3. The van der Waals surface area contributed by atoms with Gasteiger partial charge in [0, 0.05) is 22.9 Å². The Bertz CT molecular complexity index is 1100. The molecule has 12 heteroatoms. The number of pyridine rings is 1. The SMILES string of the molecule is CCOc1ncc(I)cc1C(=O)Nc1c(C(N)=O)nn(C2CN(C(=O)OC(C)(C)C)C2)c1CC. The van der Waals surface area contributed by atoms with Gasteiger partial charge >= 0.3 is 6.09 Å². The molecule has 0 atom stereocenters. The Morgan fingerprint density at radius 1 is 1.26 bits per heavy atom. The molecule has 11 nitrogen and oxygen atoms in total. The lowest BCUT2D eigenvalue weighted by molar-refractivity contribution is -0.000792. The average Bonchev–Trinajstić information content (AvgIpc) is 3.05. The largest absolute Gasteiger partial charge is 0.477 e. The van der Waals surface area contributed by atoms with Crippen LogP contribution in [0.1, 0.15) is 67.2 Å². The number of likely N-dealkylation sites (tertiary alicyclic amines) is 1. The van der Waals surface area contributed by atoms with Gasteiger partial charge in [-0.3, -0.25) is 14.3 Å². The van der Waals surface area contributed by atoms with Crippen molar-refractivity contribution in [1.82, 2.24) is 19.7 Å². The number of halogens is 1. The molecule has 0 saturated carbocycles. The minimum Gasteiger partial charge on any atom is -0.477 e. The monoisotopic (exact) mass is 584 g/mol. The number of aromatic nitrogens is 3. The molecule has 0 spiro atoms. The molecule has 34 heavy (non-hydrogen) atoms. The lowest BCUT2D eigenvalue weighted by atomic mass is 10.1. The molecule has 3 rings (SSSR count). The fraction of sp³-hybridized carbons (Fsp3) is 0.500. The summed E-state index contributed by atoms with van der Waals surface area (Å²) >= 11 is 2.06. The summed E-state index contributed by atoms with van der Waals surface area (Å²) in [5.74, 6) is -1.06. The van der Waals surface area contributed by atoms with Crippen LogP contribution in [0.25, 0.3) is 0 Å². The number of nitrogens with zero attached hydrogens (tertiary/aromatic N) is 4. The molecule has 1 fully saturated rings. The van der Waals surface area contributed by atoms with Crippen molar-refractivity contribution in [1.29, 1.82) is 0 Å². The van der Waals surface area contributed by atoms with E-state index in [9.17, 15) is 14.4 Å². The van der Waals surface area contributed by atoms with Gasteiger partial charge in [-0.2, -0.15) is 5.10 Å². The molecule has 0 aromatic carbocycles. The van der Waals surface area contributed by atoms with Crippen LogP contribution >= 0.6 is 22.6 Å². The quantitative estimate of drug-likeness (QED) is 0.477. The van der Waals surface area contributed by atoms with Crippen molar-refractivity contribution in [3.8, 4) is 5.88 Å². The highest BCUT2D eigenvalue weighted by Crippen LogP contribution is 2.31. The van der Waals surface area contributed by atoms with Gasteiger partial charge in [0.1, 0.15) is 11.2 Å². The molecule has 0 unspecified atom stereocenters. The molecule has 2 aromatic rings. The van der Waals surface area contributed by atoms with Gasteiger partial charge in [-0.25, -0.2) is 9.78 Å². The van der Waals surface area contributed by atoms with E-state index < -0.39 is 23.5 Å². The maximum Gasteiger partial charge on any atom is 0.410 e. The highest BCUT2D eigenvalue weighted by atomic mass is 127. The highest BCUT2D eigenvalue weighted by Gasteiger charge is 2.38. The van der Waals surface area contributed by atoms with Gasteiger partial charge in [-0.05, 0) is 62.8 Å². The van der Waals surface area contributed by atoms with Crippen LogP contribution in [0.15, 0.2) is 12.3 Å². The summed E-state index contributed by atoms with van der Waals surface area (Å²) in [5, 5.41) is 7.18. The number of ether oxygens (including phenoxy) is 2. The lowest BCUT2D eigenvalue weighted by Gasteiger charge is -2.40. The Morgan fingerprint density at radius 2 is 1.94 bits per heavy atom. The van der Waals surface area contributed by atoms with E-state index in [4.69, 9.17) is 15.2 Å². The Morgan fingerprint density at radius 3 is 2.50 bits per heavy atom. The number of nitrogens with two attached hydrogens (primary N) is 1. The fourth-order valence-corrected chi connectivity index (χ4v) is 3.97. The summed E-state index contributed by atoms with van der Waals surface area (Å²) in [6.07, 6.45) is 1.66. The first-order valence-corrected chi connectivity index (χ1v) is 12.0. The standard InChI is InChI=1S/C22H29IN6O5/c1-6-15-16(26-19(31)14-8-12(23)9-25-20(14)33-7-2)17(18(24)30)27-29(15)13-10-28(11-13)21(32)34-22(3,4)5/h8-9,13H,6-7,10-11H2,1-5H3,(H2,24,30)(H,26,31). The molecular formula is C22H29IN6O5. The zero-order chi connectivity index (χ0) is 25.2. The topological polar surface area (TPSA) is 142 Å². The smallest absolute Gasteiger partial charge is 0.410 e. The van der Waals surface area contributed by atoms with Crippen molar-refractivity contribution in [3.05, 3.63) is 32.8 Å². The maximum absolute atomic E-state index is 13.1. The molecule has 0 radical (unpaired) electrons.